The monoisotopic (exact) mass is 396 g/mol. The van der Waals surface area contributed by atoms with Crippen LogP contribution >= 0.6 is 0 Å². The van der Waals surface area contributed by atoms with Crippen molar-refractivity contribution in [1.29, 1.82) is 0 Å². The maximum atomic E-state index is 12.3. The third-order valence-corrected chi connectivity index (χ3v) is 6.90. The van der Waals surface area contributed by atoms with Crippen molar-refractivity contribution >= 4 is 11.9 Å². The van der Waals surface area contributed by atoms with E-state index in [2.05, 4.69) is 0 Å². The Morgan fingerprint density at radius 1 is 0.857 bits per heavy atom. The van der Waals surface area contributed by atoms with Gasteiger partial charge in [-0.15, -0.1) is 0 Å². The first-order valence-electron chi connectivity index (χ1n) is 10.8. The maximum Gasteiger partial charge on any atom is 0.306 e. The fourth-order valence-electron chi connectivity index (χ4n) is 4.89. The summed E-state index contributed by atoms with van der Waals surface area (Å²) < 4.78 is 17.0. The molecule has 3 rings (SSSR count). The van der Waals surface area contributed by atoms with Crippen molar-refractivity contribution in [2.45, 2.75) is 115 Å². The largest absolute Gasteiger partial charge is 0.459 e. The van der Waals surface area contributed by atoms with E-state index >= 15 is 0 Å². The predicted molar refractivity (Wildman–Crippen MR) is 104 cm³/mol. The van der Waals surface area contributed by atoms with Crippen LogP contribution in [0.15, 0.2) is 0 Å². The van der Waals surface area contributed by atoms with Crippen LogP contribution in [0.1, 0.15) is 85.5 Å². The highest BCUT2D eigenvalue weighted by Crippen LogP contribution is 2.44. The Labute approximate surface area is 168 Å². The summed E-state index contributed by atoms with van der Waals surface area (Å²) in [4.78, 5) is 24.6. The second-order valence-corrected chi connectivity index (χ2v) is 9.90. The van der Waals surface area contributed by atoms with Gasteiger partial charge in [0.2, 0.25) is 0 Å². The standard InChI is InChI=1S/C22H36O6/c1-21(2,14-6-5-7-16(23)12-14)27-19(24)10-11-20(25)28-22(3,4)15-8-9-17-18(13-15)26-17/h14-18,23H,5-13H2,1-4H3. The first-order valence-corrected chi connectivity index (χ1v) is 10.8. The van der Waals surface area contributed by atoms with E-state index in [1.165, 1.54) is 0 Å². The van der Waals surface area contributed by atoms with Crippen LogP contribution in [0.2, 0.25) is 0 Å². The number of aliphatic hydroxyl groups excluding tert-OH is 1. The third kappa shape index (κ3) is 5.47. The van der Waals surface area contributed by atoms with Crippen molar-refractivity contribution in [2.75, 3.05) is 0 Å². The molecule has 0 amide bonds. The van der Waals surface area contributed by atoms with Gasteiger partial charge in [-0.1, -0.05) is 6.42 Å². The van der Waals surface area contributed by atoms with E-state index in [0.717, 1.165) is 38.5 Å². The Bertz CT molecular complexity index is 552. The van der Waals surface area contributed by atoms with E-state index in [0.29, 0.717) is 24.5 Å². The first-order chi connectivity index (χ1) is 13.1. The topological polar surface area (TPSA) is 85.4 Å². The van der Waals surface area contributed by atoms with Crippen LogP contribution in [-0.4, -0.2) is 46.6 Å². The molecule has 1 heterocycles. The fourth-order valence-corrected chi connectivity index (χ4v) is 4.89. The van der Waals surface area contributed by atoms with Crippen LogP contribution in [0, 0.1) is 11.8 Å². The lowest BCUT2D eigenvalue weighted by Gasteiger charge is -2.38. The SMILES string of the molecule is CC(C)(OC(=O)CCC(=O)OC(C)(C)C1CCC2OC2C1)C1CCCC(O)C1. The van der Waals surface area contributed by atoms with Crippen LogP contribution in [-0.2, 0) is 23.8 Å². The van der Waals surface area contributed by atoms with Crippen molar-refractivity contribution < 1.29 is 28.9 Å². The molecule has 3 aliphatic rings. The van der Waals surface area contributed by atoms with E-state index in [1.807, 2.05) is 27.7 Å². The van der Waals surface area contributed by atoms with Crippen molar-refractivity contribution in [1.82, 2.24) is 0 Å². The lowest BCUT2D eigenvalue weighted by atomic mass is 9.77. The van der Waals surface area contributed by atoms with Gasteiger partial charge in [0.1, 0.15) is 11.2 Å². The molecule has 2 aliphatic carbocycles. The second kappa shape index (κ2) is 8.31. The molecule has 1 aliphatic heterocycles. The lowest BCUT2D eigenvalue weighted by molar-refractivity contribution is -0.171. The molecule has 0 aromatic carbocycles. The molecule has 1 N–H and O–H groups in total. The normalized spacial score (nSPS) is 33.0. The molecular formula is C22H36O6. The molecule has 2 saturated carbocycles. The zero-order valence-corrected chi connectivity index (χ0v) is 17.7. The van der Waals surface area contributed by atoms with Crippen molar-refractivity contribution in [3.63, 3.8) is 0 Å². The number of carbonyl (C=O) groups is 2. The van der Waals surface area contributed by atoms with E-state index in [9.17, 15) is 14.7 Å². The molecule has 160 valence electrons. The molecule has 0 radical (unpaired) electrons. The molecule has 5 atom stereocenters. The van der Waals surface area contributed by atoms with Gasteiger partial charge in [-0.3, -0.25) is 9.59 Å². The molecule has 3 fully saturated rings. The number of esters is 2. The molecule has 6 nitrogen and oxygen atoms in total. The van der Waals surface area contributed by atoms with Crippen molar-refractivity contribution in [3.05, 3.63) is 0 Å². The first kappa shape index (κ1) is 21.6. The zero-order chi connectivity index (χ0) is 20.5. The molecule has 0 aromatic heterocycles. The van der Waals surface area contributed by atoms with Gasteiger partial charge >= 0.3 is 11.9 Å². The van der Waals surface area contributed by atoms with E-state index < -0.39 is 11.2 Å². The Morgan fingerprint density at radius 2 is 1.43 bits per heavy atom. The van der Waals surface area contributed by atoms with Gasteiger partial charge in [-0.05, 0) is 66.2 Å². The number of hydrogen-bond acceptors (Lipinski definition) is 6. The highest BCUT2D eigenvalue weighted by Gasteiger charge is 2.48. The van der Waals surface area contributed by atoms with Crippen LogP contribution in [0.3, 0.4) is 0 Å². The van der Waals surface area contributed by atoms with Crippen molar-refractivity contribution in [2.24, 2.45) is 11.8 Å². The quantitative estimate of drug-likeness (QED) is 0.523. The number of hydrogen-bond donors (Lipinski definition) is 1. The van der Waals surface area contributed by atoms with Crippen LogP contribution in [0.4, 0.5) is 0 Å². The number of carbonyl (C=O) groups excluding carboxylic acids is 2. The summed E-state index contributed by atoms with van der Waals surface area (Å²) in [5.41, 5.74) is -1.18. The minimum atomic E-state index is -0.634. The molecular weight excluding hydrogens is 360 g/mol. The number of fused-ring (bicyclic) bond motifs is 1. The number of rotatable bonds is 7. The Balaban J connectivity index is 1.41. The molecule has 1 saturated heterocycles. The highest BCUT2D eigenvalue weighted by atomic mass is 16.6. The van der Waals surface area contributed by atoms with E-state index in [4.69, 9.17) is 14.2 Å². The van der Waals surface area contributed by atoms with Gasteiger partial charge in [0.15, 0.2) is 0 Å². The summed E-state index contributed by atoms with van der Waals surface area (Å²) in [6, 6.07) is 0. The molecule has 5 unspecified atom stereocenters. The summed E-state index contributed by atoms with van der Waals surface area (Å²) in [6.45, 7) is 7.69. The Morgan fingerprint density at radius 3 is 1.96 bits per heavy atom. The van der Waals surface area contributed by atoms with Crippen LogP contribution in [0.25, 0.3) is 0 Å². The summed E-state index contributed by atoms with van der Waals surface area (Å²) in [5.74, 6) is -0.298. The smallest absolute Gasteiger partial charge is 0.306 e. The molecule has 28 heavy (non-hydrogen) atoms. The fraction of sp³-hybridized carbons (Fsp3) is 0.909. The number of aliphatic hydroxyl groups is 1. The zero-order valence-electron chi connectivity index (χ0n) is 17.7. The van der Waals surface area contributed by atoms with Crippen LogP contribution < -0.4 is 0 Å². The van der Waals surface area contributed by atoms with Gasteiger partial charge in [0, 0.05) is 11.8 Å². The summed E-state index contributed by atoms with van der Waals surface area (Å²) in [7, 11) is 0. The van der Waals surface area contributed by atoms with Gasteiger partial charge in [-0.25, -0.2) is 0 Å². The second-order valence-electron chi connectivity index (χ2n) is 9.90. The molecule has 0 bridgehead atoms. The minimum Gasteiger partial charge on any atom is -0.459 e. The molecule has 0 aromatic rings. The number of ether oxygens (including phenoxy) is 3. The highest BCUT2D eigenvalue weighted by molar-refractivity contribution is 5.78. The van der Waals surface area contributed by atoms with Gasteiger partial charge in [0.25, 0.3) is 0 Å². The minimum absolute atomic E-state index is 0.0199. The third-order valence-electron chi connectivity index (χ3n) is 6.90. The maximum absolute atomic E-state index is 12.3. The Kier molecular flexibility index (Phi) is 6.40. The van der Waals surface area contributed by atoms with E-state index in [-0.39, 0.29) is 36.8 Å². The van der Waals surface area contributed by atoms with Gasteiger partial charge < -0.3 is 19.3 Å². The van der Waals surface area contributed by atoms with Gasteiger partial charge in [0.05, 0.1) is 31.2 Å². The lowest BCUT2D eigenvalue weighted by Crippen LogP contribution is -2.41. The summed E-state index contributed by atoms with van der Waals surface area (Å²) in [5, 5.41) is 9.88. The number of epoxide rings is 1. The molecule has 6 heteroatoms. The van der Waals surface area contributed by atoms with Crippen molar-refractivity contribution in [3.8, 4) is 0 Å². The van der Waals surface area contributed by atoms with Gasteiger partial charge in [-0.2, -0.15) is 0 Å². The average Bonchev–Trinajstić information content (AvgIpc) is 3.38. The predicted octanol–water partition coefficient (Wildman–Crippen LogP) is 3.53. The van der Waals surface area contributed by atoms with E-state index in [1.54, 1.807) is 0 Å². The average molecular weight is 397 g/mol. The molecule has 0 spiro atoms. The van der Waals surface area contributed by atoms with Crippen LogP contribution in [0.5, 0.6) is 0 Å². The summed E-state index contributed by atoms with van der Waals surface area (Å²) in [6.07, 6.45) is 6.84. The Hall–Kier alpha value is -1.14. The summed E-state index contributed by atoms with van der Waals surface area (Å²) >= 11 is 0.